The minimum absolute atomic E-state index is 0.128. The van der Waals surface area contributed by atoms with Crippen LogP contribution in [0.3, 0.4) is 0 Å². The topological polar surface area (TPSA) is 127 Å². The molecule has 0 spiro atoms. The van der Waals surface area contributed by atoms with E-state index in [1.165, 1.54) is 16.8 Å². The predicted octanol–water partition coefficient (Wildman–Crippen LogP) is 4.80. The van der Waals surface area contributed by atoms with E-state index in [9.17, 15) is 24.6 Å². The summed E-state index contributed by atoms with van der Waals surface area (Å²) in [6.07, 6.45) is 2.91. The van der Waals surface area contributed by atoms with E-state index in [2.05, 4.69) is 26.0 Å². The van der Waals surface area contributed by atoms with E-state index in [0.29, 0.717) is 40.1 Å². The number of nitrogens with zero attached hydrogens (tertiary/aromatic N) is 4. The lowest BCUT2D eigenvalue weighted by molar-refractivity contribution is 0.0696. The third-order valence-electron chi connectivity index (χ3n) is 5.80. The Kier molecular flexibility index (Phi) is 6.89. The smallest absolute Gasteiger partial charge is 0.335 e. The molecule has 0 radical (unpaired) electrons. The zero-order valence-corrected chi connectivity index (χ0v) is 21.4. The van der Waals surface area contributed by atoms with Crippen molar-refractivity contribution >= 4 is 45.0 Å². The first kappa shape index (κ1) is 25.1. The summed E-state index contributed by atoms with van der Waals surface area (Å²) in [6, 6.07) is 11.1. The van der Waals surface area contributed by atoms with Crippen LogP contribution < -0.4 is 5.56 Å². The van der Waals surface area contributed by atoms with Gasteiger partial charge in [0.2, 0.25) is 0 Å². The number of hydrogen-bond donors (Lipinski definition) is 2. The van der Waals surface area contributed by atoms with E-state index in [0.717, 1.165) is 22.7 Å². The molecule has 2 heterocycles. The van der Waals surface area contributed by atoms with Gasteiger partial charge in [0, 0.05) is 33.5 Å². The fraction of sp³-hybridized carbons (Fsp3) is 0.192. The number of fused-ring (bicyclic) bond motifs is 1. The summed E-state index contributed by atoms with van der Waals surface area (Å²) in [4.78, 5) is 41.0. The minimum atomic E-state index is -1.22. The lowest BCUT2D eigenvalue weighted by Gasteiger charge is -2.12. The molecule has 4 rings (SSSR count). The van der Waals surface area contributed by atoms with Gasteiger partial charge in [0.1, 0.15) is 5.82 Å². The highest BCUT2D eigenvalue weighted by Gasteiger charge is 2.16. The average Bonchev–Trinajstić information content (AvgIpc) is 3.12. The number of hydrogen-bond acceptors (Lipinski definition) is 5. The summed E-state index contributed by atoms with van der Waals surface area (Å²) >= 11 is 3.40. The Morgan fingerprint density at radius 3 is 2.33 bits per heavy atom. The van der Waals surface area contributed by atoms with Gasteiger partial charge in [0.25, 0.3) is 5.56 Å². The molecule has 0 unspecified atom stereocenters. The third-order valence-corrected chi connectivity index (χ3v) is 6.29. The van der Waals surface area contributed by atoms with Crippen LogP contribution in [-0.4, -0.2) is 42.6 Å². The third kappa shape index (κ3) is 4.72. The highest BCUT2D eigenvalue weighted by Crippen LogP contribution is 2.23. The molecule has 0 saturated heterocycles. The lowest BCUT2D eigenvalue weighted by atomic mass is 10.1. The summed E-state index contributed by atoms with van der Waals surface area (Å²) in [5, 5.41) is 23.8. The van der Waals surface area contributed by atoms with E-state index >= 15 is 0 Å². The van der Waals surface area contributed by atoms with E-state index in [-0.39, 0.29) is 16.7 Å². The molecule has 2 aromatic carbocycles. The zero-order chi connectivity index (χ0) is 26.1. The molecule has 0 atom stereocenters. The maximum absolute atomic E-state index is 13.3. The largest absolute Gasteiger partial charge is 0.478 e. The Bertz CT molecular complexity index is 1580. The molecular formula is C26H23BrN4O5. The quantitative estimate of drug-likeness (QED) is 0.318. The molecule has 2 N–H and O–H groups in total. The molecule has 0 aliphatic heterocycles. The highest BCUT2D eigenvalue weighted by molar-refractivity contribution is 9.10. The molecule has 36 heavy (non-hydrogen) atoms. The first-order valence-corrected chi connectivity index (χ1v) is 12.0. The SMILES string of the molecule is CCCc1nc2ccc(Br)cc2c(=O)n1N=Cc1cc(C)n(-c2cc(C(=O)O)cc(C(=O)O)c2)c1C. The van der Waals surface area contributed by atoms with Crippen LogP contribution in [0, 0.1) is 13.8 Å². The molecule has 2 aromatic heterocycles. The summed E-state index contributed by atoms with van der Waals surface area (Å²) < 4.78 is 3.82. The number of carboxylic acids is 2. The van der Waals surface area contributed by atoms with Crippen molar-refractivity contribution in [3.63, 3.8) is 0 Å². The number of benzene rings is 2. The molecule has 184 valence electrons. The Morgan fingerprint density at radius 1 is 1.06 bits per heavy atom. The number of carboxylic acid groups (broad SMARTS) is 2. The van der Waals surface area contributed by atoms with Crippen molar-refractivity contribution in [1.29, 1.82) is 0 Å². The van der Waals surface area contributed by atoms with Gasteiger partial charge in [0.15, 0.2) is 0 Å². The standard InChI is InChI=1S/C26H23BrN4O5/c1-4-5-23-29-22-7-6-19(27)12-21(22)24(32)31(23)28-13-18-8-14(2)30(15(18)3)20-10-16(25(33)34)9-17(11-20)26(35)36/h6-13H,4-5H2,1-3H3,(H,33,34)(H,35,36). The van der Waals surface area contributed by atoms with Crippen LogP contribution in [0.2, 0.25) is 0 Å². The van der Waals surface area contributed by atoms with Crippen LogP contribution >= 0.6 is 15.9 Å². The van der Waals surface area contributed by atoms with E-state index in [1.807, 2.05) is 32.9 Å². The molecule has 0 fully saturated rings. The van der Waals surface area contributed by atoms with Gasteiger partial charge < -0.3 is 14.8 Å². The molecular weight excluding hydrogens is 528 g/mol. The summed E-state index contributed by atoms with van der Waals surface area (Å²) in [7, 11) is 0. The van der Waals surface area contributed by atoms with Crippen LogP contribution in [0.1, 0.15) is 56.8 Å². The molecule has 0 bridgehead atoms. The number of aromatic carboxylic acids is 2. The Balaban J connectivity index is 1.84. The Hall–Kier alpha value is -4.05. The first-order chi connectivity index (χ1) is 17.1. The van der Waals surface area contributed by atoms with Gasteiger partial charge in [-0.25, -0.2) is 14.6 Å². The predicted molar refractivity (Wildman–Crippen MR) is 140 cm³/mol. The normalized spacial score (nSPS) is 11.4. The number of rotatable bonds is 7. The van der Waals surface area contributed by atoms with Crippen molar-refractivity contribution in [3.8, 4) is 5.69 Å². The molecule has 4 aromatic rings. The van der Waals surface area contributed by atoms with Gasteiger partial charge in [-0.2, -0.15) is 9.78 Å². The molecule has 0 aliphatic rings. The fourth-order valence-corrected chi connectivity index (χ4v) is 4.48. The maximum Gasteiger partial charge on any atom is 0.335 e. The van der Waals surface area contributed by atoms with Crippen molar-refractivity contribution in [3.05, 3.63) is 91.2 Å². The van der Waals surface area contributed by atoms with E-state index in [1.54, 1.807) is 22.9 Å². The van der Waals surface area contributed by atoms with Gasteiger partial charge in [-0.05, 0) is 62.7 Å². The van der Waals surface area contributed by atoms with Crippen LogP contribution in [0.15, 0.2) is 56.8 Å². The molecule has 0 amide bonds. The maximum atomic E-state index is 13.3. The van der Waals surface area contributed by atoms with Gasteiger partial charge in [-0.15, -0.1) is 0 Å². The second-order valence-electron chi connectivity index (χ2n) is 8.34. The number of aromatic nitrogens is 3. The van der Waals surface area contributed by atoms with Gasteiger partial charge in [-0.3, -0.25) is 4.79 Å². The van der Waals surface area contributed by atoms with Gasteiger partial charge in [-0.1, -0.05) is 22.9 Å². The zero-order valence-electron chi connectivity index (χ0n) is 19.8. The molecule has 10 heteroatoms. The van der Waals surface area contributed by atoms with Crippen molar-refractivity contribution in [2.45, 2.75) is 33.6 Å². The van der Waals surface area contributed by atoms with Gasteiger partial charge >= 0.3 is 11.9 Å². The Morgan fingerprint density at radius 2 is 1.72 bits per heavy atom. The summed E-state index contributed by atoms with van der Waals surface area (Å²) in [5.41, 5.74) is 2.61. The van der Waals surface area contributed by atoms with E-state index < -0.39 is 11.9 Å². The molecule has 0 saturated carbocycles. The lowest BCUT2D eigenvalue weighted by Crippen LogP contribution is -2.22. The fourth-order valence-electron chi connectivity index (χ4n) is 4.12. The second kappa shape index (κ2) is 9.90. The molecule has 0 aliphatic carbocycles. The first-order valence-electron chi connectivity index (χ1n) is 11.2. The minimum Gasteiger partial charge on any atom is -0.478 e. The Labute approximate surface area is 214 Å². The van der Waals surface area contributed by atoms with Crippen LogP contribution in [0.5, 0.6) is 0 Å². The van der Waals surface area contributed by atoms with Crippen molar-refractivity contribution in [2.24, 2.45) is 5.10 Å². The summed E-state index contributed by atoms with van der Waals surface area (Å²) in [6.45, 7) is 5.63. The van der Waals surface area contributed by atoms with Crippen molar-refractivity contribution in [2.75, 3.05) is 0 Å². The summed E-state index contributed by atoms with van der Waals surface area (Å²) in [5.74, 6) is -1.90. The average molecular weight is 551 g/mol. The van der Waals surface area contributed by atoms with Crippen LogP contribution in [-0.2, 0) is 6.42 Å². The molecule has 9 nitrogen and oxygen atoms in total. The van der Waals surface area contributed by atoms with Crippen molar-refractivity contribution < 1.29 is 19.8 Å². The second-order valence-corrected chi connectivity index (χ2v) is 9.26. The van der Waals surface area contributed by atoms with E-state index in [4.69, 9.17) is 0 Å². The highest BCUT2D eigenvalue weighted by atomic mass is 79.9. The van der Waals surface area contributed by atoms with Crippen molar-refractivity contribution in [1.82, 2.24) is 14.2 Å². The van der Waals surface area contributed by atoms with Crippen LogP contribution in [0.4, 0.5) is 0 Å². The van der Waals surface area contributed by atoms with Gasteiger partial charge in [0.05, 0.1) is 28.2 Å². The number of aryl methyl sites for hydroxylation is 2. The number of halogens is 1. The van der Waals surface area contributed by atoms with Crippen LogP contribution in [0.25, 0.3) is 16.6 Å². The number of carbonyl (C=O) groups is 2. The monoisotopic (exact) mass is 550 g/mol.